The zero-order valence-corrected chi connectivity index (χ0v) is 8.90. The molecule has 0 spiro atoms. The van der Waals surface area contributed by atoms with Crippen LogP contribution < -0.4 is 11.1 Å². The second-order valence-electron chi connectivity index (χ2n) is 3.51. The van der Waals surface area contributed by atoms with E-state index in [1.54, 1.807) is 11.8 Å². The molecule has 0 aromatic rings. The maximum absolute atomic E-state index is 11.2. The van der Waals surface area contributed by atoms with Gasteiger partial charge in [-0.3, -0.25) is 4.79 Å². The molecule has 13 heavy (non-hydrogen) atoms. The minimum Gasteiger partial charge on any atom is -0.353 e. The molecule has 1 aliphatic rings. The van der Waals surface area contributed by atoms with E-state index in [4.69, 9.17) is 5.73 Å². The molecular formula is C9H18N2OS. The number of carbonyl (C=O) groups is 1. The van der Waals surface area contributed by atoms with Crippen LogP contribution in [-0.2, 0) is 4.79 Å². The summed E-state index contributed by atoms with van der Waals surface area (Å²) < 4.78 is 0. The Bertz CT molecular complexity index is 171. The second kappa shape index (κ2) is 5.50. The van der Waals surface area contributed by atoms with E-state index in [9.17, 15) is 4.79 Å². The summed E-state index contributed by atoms with van der Waals surface area (Å²) in [5, 5.41) is 3.43. The van der Waals surface area contributed by atoms with Crippen molar-refractivity contribution in [3.8, 4) is 0 Å². The average Bonchev–Trinajstić information content (AvgIpc) is 2.88. The molecular weight excluding hydrogens is 184 g/mol. The number of amides is 1. The summed E-state index contributed by atoms with van der Waals surface area (Å²) in [6.07, 6.45) is 2.96. The smallest absolute Gasteiger partial charge is 0.221 e. The zero-order chi connectivity index (χ0) is 9.68. The Kier molecular flexibility index (Phi) is 4.59. The van der Waals surface area contributed by atoms with E-state index in [1.165, 1.54) is 0 Å². The standard InChI is InChI=1S/C9H18N2OS/c1-7(6-10)13-5-4-9(12)11-8-2-3-8/h7-8H,2-6,10H2,1H3,(H,11,12). The van der Waals surface area contributed by atoms with Crippen LogP contribution in [0.25, 0.3) is 0 Å². The van der Waals surface area contributed by atoms with Crippen molar-refractivity contribution >= 4 is 17.7 Å². The molecule has 3 nitrogen and oxygen atoms in total. The van der Waals surface area contributed by atoms with Gasteiger partial charge < -0.3 is 11.1 Å². The summed E-state index contributed by atoms with van der Waals surface area (Å²) in [6, 6.07) is 0.490. The van der Waals surface area contributed by atoms with E-state index in [1.807, 2.05) is 0 Å². The molecule has 1 saturated carbocycles. The minimum absolute atomic E-state index is 0.194. The van der Waals surface area contributed by atoms with Crippen molar-refractivity contribution in [3.05, 3.63) is 0 Å². The van der Waals surface area contributed by atoms with Crippen LogP contribution in [0.15, 0.2) is 0 Å². The molecule has 1 fully saturated rings. The van der Waals surface area contributed by atoms with Crippen LogP contribution in [0, 0.1) is 0 Å². The zero-order valence-electron chi connectivity index (χ0n) is 8.08. The predicted octanol–water partition coefficient (Wildman–Crippen LogP) is 0.735. The molecule has 1 aliphatic carbocycles. The van der Waals surface area contributed by atoms with Gasteiger partial charge in [0.25, 0.3) is 0 Å². The van der Waals surface area contributed by atoms with Gasteiger partial charge in [0.1, 0.15) is 0 Å². The number of nitrogens with one attached hydrogen (secondary N) is 1. The Hall–Kier alpha value is -0.220. The fourth-order valence-corrected chi connectivity index (χ4v) is 1.79. The number of nitrogens with two attached hydrogens (primary N) is 1. The highest BCUT2D eigenvalue weighted by Crippen LogP contribution is 2.19. The van der Waals surface area contributed by atoms with Gasteiger partial charge in [0, 0.05) is 30.0 Å². The van der Waals surface area contributed by atoms with Crippen LogP contribution in [0.1, 0.15) is 26.2 Å². The van der Waals surface area contributed by atoms with Crippen molar-refractivity contribution in [2.75, 3.05) is 12.3 Å². The SMILES string of the molecule is CC(CN)SCCC(=O)NC1CC1. The fraction of sp³-hybridized carbons (Fsp3) is 0.889. The Balaban J connectivity index is 1.94. The lowest BCUT2D eigenvalue weighted by molar-refractivity contribution is -0.120. The Morgan fingerprint density at radius 1 is 1.69 bits per heavy atom. The number of hydrogen-bond acceptors (Lipinski definition) is 3. The van der Waals surface area contributed by atoms with E-state index < -0.39 is 0 Å². The first kappa shape index (κ1) is 10.9. The van der Waals surface area contributed by atoms with Crippen LogP contribution in [-0.4, -0.2) is 29.5 Å². The quantitative estimate of drug-likeness (QED) is 0.668. The molecule has 1 amide bonds. The highest BCUT2D eigenvalue weighted by atomic mass is 32.2. The Morgan fingerprint density at radius 3 is 2.92 bits per heavy atom. The molecule has 0 aromatic carbocycles. The highest BCUT2D eigenvalue weighted by molar-refractivity contribution is 7.99. The maximum atomic E-state index is 11.2. The van der Waals surface area contributed by atoms with E-state index in [-0.39, 0.29) is 5.91 Å². The molecule has 1 atom stereocenters. The Labute approximate surface area is 83.8 Å². The van der Waals surface area contributed by atoms with Crippen molar-refractivity contribution < 1.29 is 4.79 Å². The van der Waals surface area contributed by atoms with Crippen LogP contribution in [0.5, 0.6) is 0 Å². The third-order valence-electron chi connectivity index (χ3n) is 2.01. The molecule has 0 aromatic heterocycles. The summed E-state index contributed by atoms with van der Waals surface area (Å²) >= 11 is 1.77. The molecule has 0 saturated heterocycles. The van der Waals surface area contributed by atoms with Crippen LogP contribution in [0.2, 0.25) is 0 Å². The lowest BCUT2D eigenvalue weighted by Gasteiger charge is -2.07. The summed E-state index contributed by atoms with van der Waals surface area (Å²) in [5.41, 5.74) is 5.46. The molecule has 4 heteroatoms. The first-order valence-electron chi connectivity index (χ1n) is 4.83. The van der Waals surface area contributed by atoms with Crippen LogP contribution in [0.3, 0.4) is 0 Å². The third kappa shape index (κ3) is 5.16. The number of hydrogen-bond donors (Lipinski definition) is 2. The van der Waals surface area contributed by atoms with Gasteiger partial charge in [-0.15, -0.1) is 0 Å². The largest absolute Gasteiger partial charge is 0.353 e. The normalized spacial score (nSPS) is 18.3. The number of thioether (sulfide) groups is 1. The van der Waals surface area contributed by atoms with Gasteiger partial charge in [-0.05, 0) is 12.8 Å². The predicted molar refractivity (Wildman–Crippen MR) is 56.8 cm³/mol. The molecule has 0 bridgehead atoms. The van der Waals surface area contributed by atoms with Crippen LogP contribution >= 0.6 is 11.8 Å². The maximum Gasteiger partial charge on any atom is 0.221 e. The van der Waals surface area contributed by atoms with Crippen molar-refractivity contribution in [1.29, 1.82) is 0 Å². The molecule has 0 radical (unpaired) electrons. The molecule has 76 valence electrons. The van der Waals surface area contributed by atoms with Crippen molar-refractivity contribution in [2.45, 2.75) is 37.5 Å². The van der Waals surface area contributed by atoms with E-state index in [2.05, 4.69) is 12.2 Å². The highest BCUT2D eigenvalue weighted by Gasteiger charge is 2.22. The molecule has 0 heterocycles. The molecule has 1 unspecified atom stereocenters. The molecule has 3 N–H and O–H groups in total. The van der Waals surface area contributed by atoms with E-state index >= 15 is 0 Å². The van der Waals surface area contributed by atoms with Gasteiger partial charge in [-0.25, -0.2) is 0 Å². The summed E-state index contributed by atoms with van der Waals surface area (Å²) in [5.74, 6) is 1.08. The molecule has 0 aliphatic heterocycles. The summed E-state index contributed by atoms with van der Waals surface area (Å²) in [4.78, 5) is 11.2. The minimum atomic E-state index is 0.194. The molecule has 1 rings (SSSR count). The van der Waals surface area contributed by atoms with Gasteiger partial charge >= 0.3 is 0 Å². The van der Waals surface area contributed by atoms with E-state index in [0.717, 1.165) is 18.6 Å². The van der Waals surface area contributed by atoms with Gasteiger partial charge in [-0.1, -0.05) is 6.92 Å². The fourth-order valence-electron chi connectivity index (χ4n) is 0.948. The summed E-state index contributed by atoms with van der Waals surface area (Å²) in [7, 11) is 0. The lowest BCUT2D eigenvalue weighted by atomic mass is 10.4. The first-order chi connectivity index (χ1) is 6.22. The van der Waals surface area contributed by atoms with E-state index in [0.29, 0.717) is 24.3 Å². The third-order valence-corrected chi connectivity index (χ3v) is 3.21. The first-order valence-corrected chi connectivity index (χ1v) is 5.88. The lowest BCUT2D eigenvalue weighted by Crippen LogP contribution is -2.26. The summed E-state index contributed by atoms with van der Waals surface area (Å²) in [6.45, 7) is 2.78. The van der Waals surface area contributed by atoms with Crippen molar-refractivity contribution in [2.24, 2.45) is 5.73 Å². The van der Waals surface area contributed by atoms with Crippen molar-refractivity contribution in [3.63, 3.8) is 0 Å². The van der Waals surface area contributed by atoms with Crippen LogP contribution in [0.4, 0.5) is 0 Å². The van der Waals surface area contributed by atoms with Gasteiger partial charge in [-0.2, -0.15) is 11.8 Å². The van der Waals surface area contributed by atoms with Gasteiger partial charge in [0.15, 0.2) is 0 Å². The monoisotopic (exact) mass is 202 g/mol. The topological polar surface area (TPSA) is 55.1 Å². The van der Waals surface area contributed by atoms with Gasteiger partial charge in [0.2, 0.25) is 5.91 Å². The number of carbonyl (C=O) groups excluding carboxylic acids is 1. The van der Waals surface area contributed by atoms with Crippen molar-refractivity contribution in [1.82, 2.24) is 5.32 Å². The van der Waals surface area contributed by atoms with Gasteiger partial charge in [0.05, 0.1) is 0 Å². The number of rotatable bonds is 6. The Morgan fingerprint density at radius 2 is 2.38 bits per heavy atom. The second-order valence-corrected chi connectivity index (χ2v) is 5.06. The average molecular weight is 202 g/mol.